The van der Waals surface area contributed by atoms with E-state index in [4.69, 9.17) is 0 Å². The SMILES string of the molecule is CC(C)(C)S(=O)(=O)NCCCCC(=O)Nc1ccc(I)cc1. The molecule has 0 atom stereocenters. The molecule has 0 spiro atoms. The van der Waals surface area contributed by atoms with Crippen LogP contribution in [0, 0.1) is 3.57 Å². The number of amides is 1. The highest BCUT2D eigenvalue weighted by Gasteiger charge is 2.27. The Morgan fingerprint density at radius 1 is 1.14 bits per heavy atom. The van der Waals surface area contributed by atoms with Crippen LogP contribution < -0.4 is 10.0 Å². The zero-order valence-electron chi connectivity index (χ0n) is 13.1. The van der Waals surface area contributed by atoms with Crippen molar-refractivity contribution in [3.63, 3.8) is 0 Å². The Morgan fingerprint density at radius 3 is 2.27 bits per heavy atom. The van der Waals surface area contributed by atoms with E-state index in [1.165, 1.54) is 0 Å². The zero-order chi connectivity index (χ0) is 16.8. The summed E-state index contributed by atoms with van der Waals surface area (Å²) in [5, 5.41) is 2.82. The number of unbranched alkanes of at least 4 members (excludes halogenated alkanes) is 1. The third-order valence-electron chi connectivity index (χ3n) is 3.06. The van der Waals surface area contributed by atoms with Crippen molar-refractivity contribution >= 4 is 44.2 Å². The molecule has 0 saturated carbocycles. The van der Waals surface area contributed by atoms with E-state index in [1.54, 1.807) is 20.8 Å². The van der Waals surface area contributed by atoms with Gasteiger partial charge in [0.2, 0.25) is 15.9 Å². The fourth-order valence-corrected chi connectivity index (χ4v) is 2.80. The maximum Gasteiger partial charge on any atom is 0.224 e. The number of hydrogen-bond acceptors (Lipinski definition) is 3. The van der Waals surface area contributed by atoms with Crippen LogP contribution in [-0.4, -0.2) is 25.6 Å². The predicted molar refractivity (Wildman–Crippen MR) is 98.3 cm³/mol. The molecule has 0 radical (unpaired) electrons. The average molecular weight is 438 g/mol. The number of carbonyl (C=O) groups is 1. The maximum atomic E-state index is 11.8. The van der Waals surface area contributed by atoms with Gasteiger partial charge in [-0.25, -0.2) is 13.1 Å². The summed E-state index contributed by atoms with van der Waals surface area (Å²) in [6.07, 6.45) is 1.65. The Bertz CT molecular complexity index is 592. The van der Waals surface area contributed by atoms with Crippen molar-refractivity contribution in [2.45, 2.75) is 44.8 Å². The lowest BCUT2D eigenvalue weighted by atomic mass is 10.2. The first-order chi connectivity index (χ1) is 10.1. The summed E-state index contributed by atoms with van der Waals surface area (Å²) in [5.74, 6) is -0.0557. The van der Waals surface area contributed by atoms with Crippen LogP contribution in [0.15, 0.2) is 24.3 Å². The van der Waals surface area contributed by atoms with Crippen molar-refractivity contribution in [3.8, 4) is 0 Å². The molecule has 0 fully saturated rings. The van der Waals surface area contributed by atoms with Gasteiger partial charge in [-0.2, -0.15) is 0 Å². The number of halogens is 1. The number of hydrogen-bond donors (Lipinski definition) is 2. The van der Waals surface area contributed by atoms with Gasteiger partial charge < -0.3 is 5.32 Å². The minimum absolute atomic E-state index is 0.0557. The Labute approximate surface area is 146 Å². The van der Waals surface area contributed by atoms with Crippen molar-refractivity contribution < 1.29 is 13.2 Å². The molecular weight excluding hydrogens is 415 g/mol. The topological polar surface area (TPSA) is 75.3 Å². The second-order valence-corrected chi connectivity index (χ2v) is 9.79. The molecule has 1 rings (SSSR count). The van der Waals surface area contributed by atoms with Crippen molar-refractivity contribution in [1.82, 2.24) is 4.72 Å². The van der Waals surface area contributed by atoms with Crippen LogP contribution in [0.25, 0.3) is 0 Å². The summed E-state index contributed by atoms with van der Waals surface area (Å²) >= 11 is 2.20. The summed E-state index contributed by atoms with van der Waals surface area (Å²) in [5.41, 5.74) is 0.777. The third-order valence-corrected chi connectivity index (χ3v) is 5.97. The Hall–Kier alpha value is -0.670. The van der Waals surface area contributed by atoms with Gasteiger partial charge in [0.25, 0.3) is 0 Å². The van der Waals surface area contributed by atoms with Crippen LogP contribution in [0.4, 0.5) is 5.69 Å². The monoisotopic (exact) mass is 438 g/mol. The maximum absolute atomic E-state index is 11.8. The van der Waals surface area contributed by atoms with E-state index in [-0.39, 0.29) is 5.91 Å². The molecule has 124 valence electrons. The fraction of sp³-hybridized carbons (Fsp3) is 0.533. The van der Waals surface area contributed by atoms with E-state index < -0.39 is 14.8 Å². The summed E-state index contributed by atoms with van der Waals surface area (Å²) in [7, 11) is -3.30. The van der Waals surface area contributed by atoms with Crippen molar-refractivity contribution in [2.75, 3.05) is 11.9 Å². The fourth-order valence-electron chi connectivity index (χ4n) is 1.59. The summed E-state index contributed by atoms with van der Waals surface area (Å²) < 4.78 is 26.5. The minimum Gasteiger partial charge on any atom is -0.326 e. The van der Waals surface area contributed by atoms with Crippen LogP contribution in [0.2, 0.25) is 0 Å². The number of rotatable bonds is 7. The molecule has 1 aromatic rings. The van der Waals surface area contributed by atoms with Gasteiger partial charge in [-0.15, -0.1) is 0 Å². The molecule has 0 aliphatic rings. The van der Waals surface area contributed by atoms with E-state index in [9.17, 15) is 13.2 Å². The first-order valence-corrected chi connectivity index (χ1v) is 9.73. The molecule has 0 saturated heterocycles. The lowest BCUT2D eigenvalue weighted by molar-refractivity contribution is -0.116. The number of nitrogens with one attached hydrogen (secondary N) is 2. The molecule has 0 aliphatic heterocycles. The zero-order valence-corrected chi connectivity index (χ0v) is 16.1. The van der Waals surface area contributed by atoms with Gasteiger partial charge in [-0.1, -0.05) is 0 Å². The third kappa shape index (κ3) is 6.62. The largest absolute Gasteiger partial charge is 0.326 e. The molecule has 1 amide bonds. The van der Waals surface area contributed by atoms with E-state index in [2.05, 4.69) is 32.6 Å². The molecule has 1 aromatic carbocycles. The Kier molecular flexibility index (Phi) is 7.27. The quantitative estimate of drug-likeness (QED) is 0.508. The van der Waals surface area contributed by atoms with Crippen molar-refractivity contribution in [1.29, 1.82) is 0 Å². The van der Waals surface area contributed by atoms with E-state index >= 15 is 0 Å². The van der Waals surface area contributed by atoms with E-state index in [0.29, 0.717) is 25.8 Å². The van der Waals surface area contributed by atoms with Crippen LogP contribution >= 0.6 is 22.6 Å². The van der Waals surface area contributed by atoms with Crippen LogP contribution in [-0.2, 0) is 14.8 Å². The van der Waals surface area contributed by atoms with Gasteiger partial charge in [0.1, 0.15) is 0 Å². The second kappa shape index (κ2) is 8.26. The molecule has 22 heavy (non-hydrogen) atoms. The smallest absolute Gasteiger partial charge is 0.224 e. The predicted octanol–water partition coefficient (Wildman–Crippen LogP) is 3.12. The standard InChI is InChI=1S/C15H23IN2O3S/c1-15(2,3)22(20,21)17-11-5-4-6-14(19)18-13-9-7-12(16)8-10-13/h7-10,17H,4-6,11H2,1-3H3,(H,18,19). The van der Waals surface area contributed by atoms with Gasteiger partial charge in [-0.3, -0.25) is 4.79 Å². The van der Waals surface area contributed by atoms with Crippen molar-refractivity contribution in [2.24, 2.45) is 0 Å². The highest BCUT2D eigenvalue weighted by molar-refractivity contribution is 14.1. The Balaban J connectivity index is 2.25. The Morgan fingerprint density at radius 2 is 1.73 bits per heavy atom. The highest BCUT2D eigenvalue weighted by Crippen LogP contribution is 2.13. The lowest BCUT2D eigenvalue weighted by Gasteiger charge is -2.19. The van der Waals surface area contributed by atoms with Gasteiger partial charge in [0.05, 0.1) is 4.75 Å². The lowest BCUT2D eigenvalue weighted by Crippen LogP contribution is -2.39. The van der Waals surface area contributed by atoms with Crippen LogP contribution in [0.3, 0.4) is 0 Å². The van der Waals surface area contributed by atoms with Gasteiger partial charge >= 0.3 is 0 Å². The second-order valence-electron chi connectivity index (χ2n) is 6.02. The summed E-state index contributed by atoms with van der Waals surface area (Å²) in [6.45, 7) is 5.33. The number of sulfonamides is 1. The number of carbonyl (C=O) groups excluding carboxylic acids is 1. The molecule has 0 aromatic heterocycles. The minimum atomic E-state index is -3.30. The molecule has 7 heteroatoms. The molecule has 5 nitrogen and oxygen atoms in total. The molecule has 0 bridgehead atoms. The average Bonchev–Trinajstić information content (AvgIpc) is 2.39. The highest BCUT2D eigenvalue weighted by atomic mass is 127. The summed E-state index contributed by atoms with van der Waals surface area (Å²) in [4.78, 5) is 11.8. The van der Waals surface area contributed by atoms with Gasteiger partial charge in [0, 0.05) is 22.2 Å². The number of benzene rings is 1. The van der Waals surface area contributed by atoms with Gasteiger partial charge in [0.15, 0.2) is 0 Å². The van der Waals surface area contributed by atoms with E-state index in [0.717, 1.165) is 9.26 Å². The van der Waals surface area contributed by atoms with Crippen LogP contribution in [0.1, 0.15) is 40.0 Å². The van der Waals surface area contributed by atoms with Gasteiger partial charge in [-0.05, 0) is 80.5 Å². The normalized spacial score (nSPS) is 12.2. The molecule has 2 N–H and O–H groups in total. The first kappa shape index (κ1) is 19.4. The number of anilines is 1. The van der Waals surface area contributed by atoms with Crippen LogP contribution in [0.5, 0.6) is 0 Å². The van der Waals surface area contributed by atoms with E-state index in [1.807, 2.05) is 24.3 Å². The first-order valence-electron chi connectivity index (χ1n) is 7.16. The molecule has 0 unspecified atom stereocenters. The van der Waals surface area contributed by atoms with Crippen molar-refractivity contribution in [3.05, 3.63) is 27.8 Å². The summed E-state index contributed by atoms with van der Waals surface area (Å²) in [6, 6.07) is 7.57. The molecule has 0 heterocycles. The molecular formula is C15H23IN2O3S. The molecule has 0 aliphatic carbocycles.